The van der Waals surface area contributed by atoms with Gasteiger partial charge in [0.25, 0.3) is 0 Å². The van der Waals surface area contributed by atoms with Gasteiger partial charge in [-0.25, -0.2) is 0 Å². The van der Waals surface area contributed by atoms with Crippen molar-refractivity contribution in [2.24, 2.45) is 0 Å². The highest BCUT2D eigenvalue weighted by Gasteiger charge is 2.07. The maximum Gasteiger partial charge on any atom is 0.0640 e. The first-order valence-electron chi connectivity index (χ1n) is 5.22. The fraction of sp³-hybridized carbons (Fsp3) is 0.462. The van der Waals surface area contributed by atoms with E-state index in [9.17, 15) is 0 Å². The molecule has 0 aliphatic heterocycles. The molecule has 2 nitrogen and oxygen atoms in total. The van der Waals surface area contributed by atoms with E-state index < -0.39 is 0 Å². The third-order valence-corrected chi connectivity index (χ3v) is 3.00. The number of nitrogens with zero attached hydrogens (tertiary/aromatic N) is 2. The van der Waals surface area contributed by atoms with E-state index in [2.05, 4.69) is 43.9 Å². The maximum absolute atomic E-state index is 8.55. The molecule has 0 spiro atoms. The Hall–Kier alpha value is -1.49. The van der Waals surface area contributed by atoms with Crippen LogP contribution in [-0.2, 0) is 0 Å². The molecule has 1 aromatic rings. The predicted octanol–water partition coefficient (Wildman–Crippen LogP) is 2.96. The predicted molar refractivity (Wildman–Crippen MR) is 64.2 cm³/mol. The van der Waals surface area contributed by atoms with E-state index >= 15 is 0 Å². The first-order valence-corrected chi connectivity index (χ1v) is 5.22. The third kappa shape index (κ3) is 2.50. The Bertz CT molecular complexity index is 388. The molecule has 1 aromatic carbocycles. The van der Waals surface area contributed by atoms with Crippen molar-refractivity contribution in [2.75, 3.05) is 18.5 Å². The van der Waals surface area contributed by atoms with Crippen molar-refractivity contribution >= 4 is 5.69 Å². The molecule has 0 amide bonds. The molecule has 2 heteroatoms. The lowest BCUT2D eigenvalue weighted by Gasteiger charge is -2.22. The largest absolute Gasteiger partial charge is 0.373 e. The van der Waals surface area contributed by atoms with Gasteiger partial charge in [0.05, 0.1) is 12.5 Å². The van der Waals surface area contributed by atoms with Crippen molar-refractivity contribution in [1.29, 1.82) is 5.26 Å². The zero-order chi connectivity index (χ0) is 11.4. The monoisotopic (exact) mass is 202 g/mol. The van der Waals surface area contributed by atoms with Gasteiger partial charge >= 0.3 is 0 Å². The second-order valence-corrected chi connectivity index (χ2v) is 3.98. The molecule has 0 heterocycles. The molecule has 0 aliphatic carbocycles. The minimum atomic E-state index is 0.572. The number of anilines is 1. The minimum Gasteiger partial charge on any atom is -0.373 e. The molecule has 0 bridgehead atoms. The van der Waals surface area contributed by atoms with Gasteiger partial charge in [-0.1, -0.05) is 6.07 Å². The standard InChI is InChI=1S/C13H18N2/c1-10-6-7-13(12(3)11(10)2)15(4)9-5-8-14/h6-7H,5,9H2,1-4H3. The van der Waals surface area contributed by atoms with Crippen LogP contribution >= 0.6 is 0 Å². The first-order chi connectivity index (χ1) is 7.07. The van der Waals surface area contributed by atoms with E-state index in [0.717, 1.165) is 6.54 Å². The zero-order valence-electron chi connectivity index (χ0n) is 9.96. The number of hydrogen-bond donors (Lipinski definition) is 0. The molecular formula is C13H18N2. The summed E-state index contributed by atoms with van der Waals surface area (Å²) in [6.45, 7) is 7.20. The topological polar surface area (TPSA) is 27.0 Å². The Morgan fingerprint density at radius 3 is 2.47 bits per heavy atom. The van der Waals surface area contributed by atoms with E-state index in [-0.39, 0.29) is 0 Å². The van der Waals surface area contributed by atoms with Gasteiger partial charge in [-0.3, -0.25) is 0 Å². The van der Waals surface area contributed by atoms with Gasteiger partial charge in [0.2, 0.25) is 0 Å². The average molecular weight is 202 g/mol. The van der Waals surface area contributed by atoms with E-state index in [1.165, 1.54) is 22.4 Å². The van der Waals surface area contributed by atoms with Gasteiger partial charge in [-0.05, 0) is 43.5 Å². The van der Waals surface area contributed by atoms with E-state index in [4.69, 9.17) is 5.26 Å². The quantitative estimate of drug-likeness (QED) is 0.753. The van der Waals surface area contributed by atoms with Crippen molar-refractivity contribution in [3.8, 4) is 6.07 Å². The van der Waals surface area contributed by atoms with Crippen LogP contribution in [0.15, 0.2) is 12.1 Å². The smallest absolute Gasteiger partial charge is 0.0640 e. The summed E-state index contributed by atoms with van der Waals surface area (Å²) < 4.78 is 0. The molecule has 0 unspecified atom stereocenters. The summed E-state index contributed by atoms with van der Waals surface area (Å²) >= 11 is 0. The molecule has 0 saturated carbocycles. The van der Waals surface area contributed by atoms with Crippen LogP contribution in [0.3, 0.4) is 0 Å². The van der Waals surface area contributed by atoms with Crippen molar-refractivity contribution in [1.82, 2.24) is 0 Å². The first kappa shape index (κ1) is 11.6. The summed E-state index contributed by atoms with van der Waals surface area (Å²) in [6, 6.07) is 6.45. The van der Waals surface area contributed by atoms with Crippen LogP contribution in [0.2, 0.25) is 0 Å². The van der Waals surface area contributed by atoms with E-state index in [1.54, 1.807) is 0 Å². The summed E-state index contributed by atoms with van der Waals surface area (Å²) in [5, 5.41) is 8.55. The van der Waals surface area contributed by atoms with Crippen LogP contribution < -0.4 is 4.90 Å². The van der Waals surface area contributed by atoms with Crippen LogP contribution in [0.1, 0.15) is 23.1 Å². The zero-order valence-corrected chi connectivity index (χ0v) is 9.96. The van der Waals surface area contributed by atoms with Crippen molar-refractivity contribution < 1.29 is 0 Å². The van der Waals surface area contributed by atoms with Gasteiger partial charge in [-0.15, -0.1) is 0 Å². The number of hydrogen-bond acceptors (Lipinski definition) is 2. The summed E-state index contributed by atoms with van der Waals surface area (Å²) in [5.74, 6) is 0. The molecular weight excluding hydrogens is 184 g/mol. The second-order valence-electron chi connectivity index (χ2n) is 3.98. The van der Waals surface area contributed by atoms with Gasteiger partial charge in [-0.2, -0.15) is 5.26 Å². The van der Waals surface area contributed by atoms with Crippen LogP contribution in [0.5, 0.6) is 0 Å². The SMILES string of the molecule is Cc1ccc(N(C)CCC#N)c(C)c1C. The lowest BCUT2D eigenvalue weighted by Crippen LogP contribution is -2.19. The molecule has 0 fully saturated rings. The number of aryl methyl sites for hydroxylation is 1. The third-order valence-electron chi connectivity index (χ3n) is 3.00. The average Bonchev–Trinajstić information content (AvgIpc) is 2.23. The molecule has 15 heavy (non-hydrogen) atoms. The highest BCUT2D eigenvalue weighted by Crippen LogP contribution is 2.24. The molecule has 0 atom stereocenters. The maximum atomic E-state index is 8.55. The fourth-order valence-corrected chi connectivity index (χ4v) is 1.69. The second kappa shape index (κ2) is 4.84. The Kier molecular flexibility index (Phi) is 3.74. The van der Waals surface area contributed by atoms with Crippen LogP contribution in [-0.4, -0.2) is 13.6 Å². The molecule has 0 radical (unpaired) electrons. The Morgan fingerprint density at radius 1 is 1.20 bits per heavy atom. The molecule has 0 saturated heterocycles. The highest BCUT2D eigenvalue weighted by atomic mass is 15.1. The Morgan fingerprint density at radius 2 is 1.87 bits per heavy atom. The van der Waals surface area contributed by atoms with Crippen LogP contribution in [0, 0.1) is 32.1 Å². The molecule has 1 rings (SSSR count). The summed E-state index contributed by atoms with van der Waals surface area (Å²) in [5.41, 5.74) is 5.21. The summed E-state index contributed by atoms with van der Waals surface area (Å²) in [7, 11) is 2.04. The van der Waals surface area contributed by atoms with Crippen LogP contribution in [0.25, 0.3) is 0 Å². The van der Waals surface area contributed by atoms with Gasteiger partial charge < -0.3 is 4.90 Å². The Balaban J connectivity index is 2.96. The van der Waals surface area contributed by atoms with Crippen LogP contribution in [0.4, 0.5) is 5.69 Å². The van der Waals surface area contributed by atoms with E-state index in [1.807, 2.05) is 7.05 Å². The van der Waals surface area contributed by atoms with Crippen molar-refractivity contribution in [2.45, 2.75) is 27.2 Å². The number of rotatable bonds is 3. The Labute approximate surface area is 92.1 Å². The fourth-order valence-electron chi connectivity index (χ4n) is 1.69. The number of nitriles is 1. The lowest BCUT2D eigenvalue weighted by molar-refractivity contribution is 0.898. The molecule has 0 aliphatic rings. The van der Waals surface area contributed by atoms with E-state index in [0.29, 0.717) is 6.42 Å². The molecule has 0 N–H and O–H groups in total. The van der Waals surface area contributed by atoms with Gasteiger partial charge in [0.1, 0.15) is 0 Å². The van der Waals surface area contributed by atoms with Crippen molar-refractivity contribution in [3.05, 3.63) is 28.8 Å². The minimum absolute atomic E-state index is 0.572. The van der Waals surface area contributed by atoms with Gasteiger partial charge in [0, 0.05) is 19.3 Å². The highest BCUT2D eigenvalue weighted by molar-refractivity contribution is 5.57. The summed E-state index contributed by atoms with van der Waals surface area (Å²) in [6.07, 6.45) is 0.572. The number of benzene rings is 1. The summed E-state index contributed by atoms with van der Waals surface area (Å²) in [4.78, 5) is 2.14. The lowest BCUT2D eigenvalue weighted by atomic mass is 10.0. The molecule has 0 aromatic heterocycles. The van der Waals surface area contributed by atoms with Crippen molar-refractivity contribution in [3.63, 3.8) is 0 Å². The molecule has 80 valence electrons. The normalized spacial score (nSPS) is 9.80. The van der Waals surface area contributed by atoms with Gasteiger partial charge in [0.15, 0.2) is 0 Å².